The predicted molar refractivity (Wildman–Crippen MR) is 242 cm³/mol. The molecule has 1 heterocycles. The van der Waals surface area contributed by atoms with Gasteiger partial charge in [0.15, 0.2) is 0 Å². The molecule has 0 N–H and O–H groups in total. The van der Waals surface area contributed by atoms with Crippen LogP contribution in [0.1, 0.15) is 25.0 Å². The van der Waals surface area contributed by atoms with Gasteiger partial charge in [0, 0.05) is 45.2 Å². The molecule has 0 radical (unpaired) electrons. The van der Waals surface area contributed by atoms with Gasteiger partial charge in [-0.2, -0.15) is 0 Å². The summed E-state index contributed by atoms with van der Waals surface area (Å²) >= 11 is 0. The second kappa shape index (κ2) is 13.4. The van der Waals surface area contributed by atoms with Crippen LogP contribution in [0.4, 0.5) is 34.1 Å². The number of nitrogens with zero attached hydrogens (tertiary/aromatic N) is 2. The third-order valence-corrected chi connectivity index (χ3v) is 12.0. The van der Waals surface area contributed by atoms with E-state index >= 15 is 0 Å². The number of hydrogen-bond acceptors (Lipinski definition) is 3. The van der Waals surface area contributed by atoms with Gasteiger partial charge in [-0.15, -0.1) is 0 Å². The Hall–Kier alpha value is -7.36. The van der Waals surface area contributed by atoms with Crippen LogP contribution in [0.5, 0.6) is 11.5 Å². The van der Waals surface area contributed by atoms with Gasteiger partial charge >= 0.3 is 0 Å². The quantitative estimate of drug-likeness (QED) is 0.162. The minimum atomic E-state index is -0.139. The van der Waals surface area contributed by atoms with Gasteiger partial charge in [0.25, 0.3) is 0 Å². The number of benzene rings is 9. The van der Waals surface area contributed by atoms with E-state index < -0.39 is 0 Å². The maximum Gasteiger partial charge on any atom is 0.138 e. The van der Waals surface area contributed by atoms with Crippen molar-refractivity contribution in [3.63, 3.8) is 0 Å². The topological polar surface area (TPSA) is 15.7 Å². The zero-order valence-corrected chi connectivity index (χ0v) is 32.4. The molecule has 0 atom stereocenters. The van der Waals surface area contributed by atoms with Gasteiger partial charge in [-0.1, -0.05) is 147 Å². The third kappa shape index (κ3) is 5.43. The molecule has 0 saturated carbocycles. The Morgan fingerprint density at radius 1 is 0.379 bits per heavy atom. The summed E-state index contributed by atoms with van der Waals surface area (Å²) in [6, 6.07) is 74.1. The first-order valence-electron chi connectivity index (χ1n) is 20.0. The summed E-state index contributed by atoms with van der Waals surface area (Å²) < 4.78 is 7.05. The lowest BCUT2D eigenvalue weighted by molar-refractivity contribution is 0.487. The van der Waals surface area contributed by atoms with Crippen LogP contribution >= 0.6 is 0 Å². The summed E-state index contributed by atoms with van der Waals surface area (Å²) in [5.74, 6) is 1.68. The van der Waals surface area contributed by atoms with Crippen LogP contribution in [-0.4, -0.2) is 0 Å². The molecule has 0 saturated heterocycles. The molecular formula is C55H40N2O. The molecule has 3 nitrogen and oxygen atoms in total. The van der Waals surface area contributed by atoms with E-state index in [1.807, 2.05) is 0 Å². The molecule has 0 unspecified atom stereocenters. The largest absolute Gasteiger partial charge is 0.456 e. The van der Waals surface area contributed by atoms with E-state index in [0.29, 0.717) is 0 Å². The third-order valence-electron chi connectivity index (χ3n) is 12.0. The van der Waals surface area contributed by atoms with Crippen LogP contribution < -0.4 is 14.5 Å². The lowest BCUT2D eigenvalue weighted by Gasteiger charge is -2.32. The highest BCUT2D eigenvalue weighted by Crippen LogP contribution is 2.56. The van der Waals surface area contributed by atoms with Crippen LogP contribution in [0.3, 0.4) is 0 Å². The van der Waals surface area contributed by atoms with E-state index in [2.05, 4.69) is 230 Å². The Morgan fingerprint density at radius 3 is 1.71 bits per heavy atom. The lowest BCUT2D eigenvalue weighted by Crippen LogP contribution is -2.17. The average Bonchev–Trinajstić information content (AvgIpc) is 3.50. The van der Waals surface area contributed by atoms with Gasteiger partial charge < -0.3 is 14.5 Å². The Bertz CT molecular complexity index is 2950. The fourth-order valence-electron chi connectivity index (χ4n) is 9.26. The van der Waals surface area contributed by atoms with Crippen molar-refractivity contribution in [3.05, 3.63) is 217 Å². The van der Waals surface area contributed by atoms with Crippen LogP contribution in [-0.2, 0) is 5.41 Å². The first-order valence-corrected chi connectivity index (χ1v) is 20.0. The Morgan fingerprint density at radius 2 is 0.966 bits per heavy atom. The van der Waals surface area contributed by atoms with Gasteiger partial charge in [0.05, 0.1) is 11.4 Å². The van der Waals surface area contributed by atoms with E-state index in [-0.39, 0.29) is 5.41 Å². The molecule has 58 heavy (non-hydrogen) atoms. The van der Waals surface area contributed by atoms with Crippen LogP contribution in [0.25, 0.3) is 44.2 Å². The molecule has 2 aliphatic rings. The van der Waals surface area contributed by atoms with Gasteiger partial charge in [0.1, 0.15) is 11.5 Å². The Labute approximate surface area is 339 Å². The number of hydrogen-bond donors (Lipinski definition) is 0. The summed E-state index contributed by atoms with van der Waals surface area (Å²) in [6.07, 6.45) is 0. The van der Waals surface area contributed by atoms with Crippen molar-refractivity contribution in [3.8, 4) is 44.9 Å². The molecule has 0 amide bonds. The summed E-state index contributed by atoms with van der Waals surface area (Å²) in [5.41, 5.74) is 16.3. The van der Waals surface area contributed by atoms with Crippen molar-refractivity contribution < 1.29 is 4.74 Å². The van der Waals surface area contributed by atoms with Crippen molar-refractivity contribution >= 4 is 44.9 Å². The molecule has 1 aliphatic carbocycles. The highest BCUT2D eigenvalue weighted by atomic mass is 16.5. The number of rotatable bonds is 7. The van der Waals surface area contributed by atoms with Crippen molar-refractivity contribution in [1.29, 1.82) is 0 Å². The highest BCUT2D eigenvalue weighted by molar-refractivity contribution is 6.09. The first-order chi connectivity index (χ1) is 28.5. The SMILES string of the molecule is CC1(C)c2ccccc2-c2ccc(N(c3ccc(-c4ccccc4)cc3)c3cccc4c3-c3cccc5cc(N(c6ccccc6)c6ccccc6)cc(c35)O4)cc21. The van der Waals surface area contributed by atoms with Gasteiger partial charge in [0.2, 0.25) is 0 Å². The summed E-state index contributed by atoms with van der Waals surface area (Å²) in [7, 11) is 0. The monoisotopic (exact) mass is 744 g/mol. The smallest absolute Gasteiger partial charge is 0.138 e. The van der Waals surface area contributed by atoms with E-state index in [1.54, 1.807) is 0 Å². The molecule has 0 bridgehead atoms. The number of para-hydroxylation sites is 2. The zero-order chi connectivity index (χ0) is 38.8. The van der Waals surface area contributed by atoms with Gasteiger partial charge in [-0.3, -0.25) is 0 Å². The minimum absolute atomic E-state index is 0.139. The van der Waals surface area contributed by atoms with Gasteiger partial charge in [-0.25, -0.2) is 0 Å². The minimum Gasteiger partial charge on any atom is -0.456 e. The maximum atomic E-state index is 7.05. The Balaban J connectivity index is 1.10. The fraction of sp³-hybridized carbons (Fsp3) is 0.0545. The molecular weight excluding hydrogens is 705 g/mol. The Kier molecular flexibility index (Phi) is 7.84. The molecule has 11 rings (SSSR count). The second-order valence-electron chi connectivity index (χ2n) is 15.8. The van der Waals surface area contributed by atoms with Crippen molar-refractivity contribution in [1.82, 2.24) is 0 Å². The highest BCUT2D eigenvalue weighted by Gasteiger charge is 2.36. The van der Waals surface area contributed by atoms with Crippen LogP contribution in [0, 0.1) is 0 Å². The average molecular weight is 745 g/mol. The van der Waals surface area contributed by atoms with Crippen molar-refractivity contribution in [2.24, 2.45) is 0 Å². The first kappa shape index (κ1) is 33.9. The number of fused-ring (bicyclic) bond motifs is 5. The molecule has 3 heteroatoms. The lowest BCUT2D eigenvalue weighted by atomic mass is 9.82. The molecule has 9 aromatic carbocycles. The zero-order valence-electron chi connectivity index (χ0n) is 32.4. The van der Waals surface area contributed by atoms with Crippen molar-refractivity contribution in [2.45, 2.75) is 19.3 Å². The molecule has 276 valence electrons. The summed E-state index contributed by atoms with van der Waals surface area (Å²) in [5, 5.41) is 2.23. The fourth-order valence-corrected chi connectivity index (χ4v) is 9.26. The number of anilines is 6. The molecule has 1 aliphatic heterocycles. The molecule has 0 spiro atoms. The van der Waals surface area contributed by atoms with Gasteiger partial charge in [-0.05, 0) is 111 Å². The molecule has 0 fully saturated rings. The molecule has 0 aromatic heterocycles. The van der Waals surface area contributed by atoms with E-state index in [1.165, 1.54) is 33.4 Å². The predicted octanol–water partition coefficient (Wildman–Crippen LogP) is 15.5. The summed E-state index contributed by atoms with van der Waals surface area (Å²) in [6.45, 7) is 4.70. The van der Waals surface area contributed by atoms with Crippen LogP contribution in [0.15, 0.2) is 206 Å². The van der Waals surface area contributed by atoms with E-state index in [4.69, 9.17) is 4.74 Å². The standard InChI is InChI=1S/C55H40N2O/c1-55(2)48-25-13-12-23-45(48)46-33-32-43(35-49(46)55)57(42-30-28-38(29-31-42)37-16-6-3-7-17-37)50-26-15-27-51-54(50)47-24-14-18-39-34-44(36-52(58-51)53(39)47)56(40-19-8-4-9-20-40)41-21-10-5-11-22-41/h3-36H,1-2H3. The van der Waals surface area contributed by atoms with Crippen molar-refractivity contribution in [2.75, 3.05) is 9.80 Å². The molecule has 9 aromatic rings. The summed E-state index contributed by atoms with van der Waals surface area (Å²) in [4.78, 5) is 4.72. The van der Waals surface area contributed by atoms with E-state index in [9.17, 15) is 0 Å². The second-order valence-corrected chi connectivity index (χ2v) is 15.8. The normalized spacial score (nSPS) is 12.9. The van der Waals surface area contributed by atoms with Crippen LogP contribution in [0.2, 0.25) is 0 Å². The number of ether oxygens (including phenoxy) is 1. The van der Waals surface area contributed by atoms with E-state index in [0.717, 1.165) is 67.5 Å². The maximum absolute atomic E-state index is 7.05.